The van der Waals surface area contributed by atoms with Gasteiger partial charge in [-0.3, -0.25) is 9.69 Å². The van der Waals surface area contributed by atoms with Gasteiger partial charge in [0.25, 0.3) is 5.91 Å². The molecule has 0 aliphatic carbocycles. The van der Waals surface area contributed by atoms with Crippen LogP contribution in [0.25, 0.3) is 0 Å². The number of alkyl halides is 1. The number of aryl methyl sites for hydroxylation is 1. The second kappa shape index (κ2) is 6.26. The van der Waals surface area contributed by atoms with Gasteiger partial charge in [-0.15, -0.1) is 11.6 Å². The highest BCUT2D eigenvalue weighted by atomic mass is 35.5. The minimum Gasteiger partial charge on any atom is -0.507 e. The molecule has 2 rings (SSSR count). The second-order valence-electron chi connectivity index (χ2n) is 4.84. The second-order valence-corrected chi connectivity index (χ2v) is 5.22. The van der Waals surface area contributed by atoms with Crippen molar-refractivity contribution in [2.45, 2.75) is 6.92 Å². The summed E-state index contributed by atoms with van der Waals surface area (Å²) in [6.07, 6.45) is 0. The van der Waals surface area contributed by atoms with E-state index >= 15 is 0 Å². The number of carbonyl (C=O) groups excluding carboxylic acids is 1. The van der Waals surface area contributed by atoms with Gasteiger partial charge in [0.05, 0.1) is 5.56 Å². The quantitative estimate of drug-likeness (QED) is 0.858. The first-order valence-electron chi connectivity index (χ1n) is 6.49. The van der Waals surface area contributed by atoms with E-state index in [2.05, 4.69) is 4.90 Å². The van der Waals surface area contributed by atoms with Crippen molar-refractivity contribution < 1.29 is 9.90 Å². The number of phenols is 1. The summed E-state index contributed by atoms with van der Waals surface area (Å²) in [5.74, 6) is 0.581. The van der Waals surface area contributed by atoms with Crippen LogP contribution in [0.2, 0.25) is 0 Å². The van der Waals surface area contributed by atoms with Crippen molar-refractivity contribution in [1.29, 1.82) is 0 Å². The first-order chi connectivity index (χ1) is 9.11. The maximum absolute atomic E-state index is 12.4. The lowest BCUT2D eigenvalue weighted by molar-refractivity contribution is 0.0641. The normalized spacial score (nSPS) is 16.6. The number of rotatable bonds is 3. The Balaban J connectivity index is 2.03. The van der Waals surface area contributed by atoms with Crippen LogP contribution in [-0.4, -0.2) is 59.4 Å². The van der Waals surface area contributed by atoms with Crippen molar-refractivity contribution in [2.24, 2.45) is 0 Å². The van der Waals surface area contributed by atoms with Crippen molar-refractivity contribution in [1.82, 2.24) is 9.80 Å². The molecule has 0 saturated carbocycles. The summed E-state index contributed by atoms with van der Waals surface area (Å²) in [5.41, 5.74) is 1.37. The summed E-state index contributed by atoms with van der Waals surface area (Å²) in [5, 5.41) is 9.80. The van der Waals surface area contributed by atoms with Gasteiger partial charge < -0.3 is 10.0 Å². The van der Waals surface area contributed by atoms with Gasteiger partial charge in [-0.2, -0.15) is 0 Å². The van der Waals surface area contributed by atoms with Gasteiger partial charge in [0.15, 0.2) is 0 Å². The zero-order valence-electron chi connectivity index (χ0n) is 11.1. The molecule has 1 aromatic carbocycles. The molecule has 1 heterocycles. The summed E-state index contributed by atoms with van der Waals surface area (Å²) in [7, 11) is 0. The molecule has 0 spiro atoms. The Bertz CT molecular complexity index is 457. The first kappa shape index (κ1) is 14.2. The van der Waals surface area contributed by atoms with Gasteiger partial charge in [-0.05, 0) is 19.1 Å². The van der Waals surface area contributed by atoms with Gasteiger partial charge in [-0.1, -0.05) is 11.6 Å². The van der Waals surface area contributed by atoms with Gasteiger partial charge in [0.2, 0.25) is 0 Å². The minimum atomic E-state index is -0.0910. The topological polar surface area (TPSA) is 43.8 Å². The van der Waals surface area contributed by atoms with E-state index in [0.717, 1.165) is 25.2 Å². The highest BCUT2D eigenvalue weighted by Crippen LogP contribution is 2.20. The van der Waals surface area contributed by atoms with E-state index in [1.165, 1.54) is 0 Å². The van der Waals surface area contributed by atoms with Crippen LogP contribution >= 0.6 is 11.6 Å². The van der Waals surface area contributed by atoms with Crippen LogP contribution in [-0.2, 0) is 0 Å². The minimum absolute atomic E-state index is 0.0544. The maximum atomic E-state index is 12.4. The SMILES string of the molecule is Cc1ccc(O)c(C(=O)N2CCN(CCCl)CC2)c1. The third-order valence-electron chi connectivity index (χ3n) is 3.44. The van der Waals surface area contributed by atoms with E-state index in [4.69, 9.17) is 11.6 Å². The summed E-state index contributed by atoms with van der Waals surface area (Å²) in [4.78, 5) is 16.4. The molecule has 0 bridgehead atoms. The molecule has 19 heavy (non-hydrogen) atoms. The smallest absolute Gasteiger partial charge is 0.257 e. The van der Waals surface area contributed by atoms with Crippen LogP contribution in [0.15, 0.2) is 18.2 Å². The number of benzene rings is 1. The van der Waals surface area contributed by atoms with E-state index in [0.29, 0.717) is 24.5 Å². The Hall–Kier alpha value is -1.26. The Labute approximate surface area is 118 Å². The molecule has 0 aromatic heterocycles. The van der Waals surface area contributed by atoms with Gasteiger partial charge >= 0.3 is 0 Å². The van der Waals surface area contributed by atoms with Crippen LogP contribution in [0.5, 0.6) is 5.75 Å². The highest BCUT2D eigenvalue weighted by molar-refractivity contribution is 6.18. The average molecular weight is 283 g/mol. The Morgan fingerprint density at radius 3 is 2.63 bits per heavy atom. The number of piperazine rings is 1. The van der Waals surface area contributed by atoms with E-state index in [-0.39, 0.29) is 11.7 Å². The first-order valence-corrected chi connectivity index (χ1v) is 7.02. The lowest BCUT2D eigenvalue weighted by Gasteiger charge is -2.34. The Morgan fingerprint density at radius 1 is 1.32 bits per heavy atom. The standard InChI is InChI=1S/C14H19ClN2O2/c1-11-2-3-13(18)12(10-11)14(19)17-8-6-16(5-4-15)7-9-17/h2-3,10,18H,4-9H2,1H3. The molecule has 1 aliphatic heterocycles. The van der Waals surface area contributed by atoms with Crippen LogP contribution in [0, 0.1) is 6.92 Å². The van der Waals surface area contributed by atoms with Crippen LogP contribution in [0.3, 0.4) is 0 Å². The van der Waals surface area contributed by atoms with Crippen molar-refractivity contribution >= 4 is 17.5 Å². The van der Waals surface area contributed by atoms with Gasteiger partial charge in [-0.25, -0.2) is 0 Å². The molecule has 1 fully saturated rings. The highest BCUT2D eigenvalue weighted by Gasteiger charge is 2.23. The molecule has 104 valence electrons. The molecule has 1 N–H and O–H groups in total. The number of aromatic hydroxyl groups is 1. The molecular formula is C14H19ClN2O2. The molecule has 1 aliphatic rings. The van der Waals surface area contributed by atoms with Crippen molar-refractivity contribution in [3.8, 4) is 5.75 Å². The van der Waals surface area contributed by atoms with Crippen molar-refractivity contribution in [2.75, 3.05) is 38.6 Å². The van der Waals surface area contributed by atoms with Crippen LogP contribution < -0.4 is 0 Å². The number of hydrogen-bond donors (Lipinski definition) is 1. The van der Waals surface area contributed by atoms with Crippen LogP contribution in [0.4, 0.5) is 0 Å². The molecule has 0 atom stereocenters. The molecule has 4 nitrogen and oxygen atoms in total. The Kier molecular flexibility index (Phi) is 4.66. The Morgan fingerprint density at radius 2 is 2.00 bits per heavy atom. The molecule has 1 saturated heterocycles. The number of phenolic OH excluding ortho intramolecular Hbond substituents is 1. The maximum Gasteiger partial charge on any atom is 0.257 e. The van der Waals surface area contributed by atoms with E-state index in [1.54, 1.807) is 23.1 Å². The fourth-order valence-electron chi connectivity index (χ4n) is 2.29. The van der Waals surface area contributed by atoms with Gasteiger partial charge in [0.1, 0.15) is 5.75 Å². The summed E-state index contributed by atoms with van der Waals surface area (Å²) < 4.78 is 0. The van der Waals surface area contributed by atoms with E-state index in [9.17, 15) is 9.90 Å². The van der Waals surface area contributed by atoms with E-state index < -0.39 is 0 Å². The van der Waals surface area contributed by atoms with Crippen LogP contribution in [0.1, 0.15) is 15.9 Å². The fraction of sp³-hybridized carbons (Fsp3) is 0.500. The summed E-state index contributed by atoms with van der Waals surface area (Å²) >= 11 is 5.71. The molecule has 1 aromatic rings. The molecular weight excluding hydrogens is 264 g/mol. The lowest BCUT2D eigenvalue weighted by Crippen LogP contribution is -2.49. The number of halogens is 1. The van der Waals surface area contributed by atoms with Crippen molar-refractivity contribution in [3.05, 3.63) is 29.3 Å². The molecule has 0 unspecified atom stereocenters. The number of nitrogens with zero attached hydrogens (tertiary/aromatic N) is 2. The number of amides is 1. The number of carbonyl (C=O) groups is 1. The zero-order valence-corrected chi connectivity index (χ0v) is 11.9. The molecule has 1 amide bonds. The fourth-order valence-corrected chi connectivity index (χ4v) is 2.52. The predicted molar refractivity (Wildman–Crippen MR) is 75.9 cm³/mol. The summed E-state index contributed by atoms with van der Waals surface area (Å²) in [6, 6.07) is 5.11. The van der Waals surface area contributed by atoms with E-state index in [1.807, 2.05) is 6.92 Å². The monoisotopic (exact) mass is 282 g/mol. The predicted octanol–water partition coefficient (Wildman–Crippen LogP) is 1.70. The third-order valence-corrected chi connectivity index (χ3v) is 3.61. The lowest BCUT2D eigenvalue weighted by atomic mass is 10.1. The summed E-state index contributed by atoms with van der Waals surface area (Å²) in [6.45, 7) is 5.82. The molecule has 5 heteroatoms. The average Bonchev–Trinajstić information content (AvgIpc) is 2.42. The zero-order chi connectivity index (χ0) is 13.8. The van der Waals surface area contributed by atoms with Crippen molar-refractivity contribution in [3.63, 3.8) is 0 Å². The molecule has 0 radical (unpaired) electrons. The van der Waals surface area contributed by atoms with Gasteiger partial charge in [0, 0.05) is 38.6 Å². The third kappa shape index (κ3) is 3.39. The number of hydrogen-bond acceptors (Lipinski definition) is 3. The largest absolute Gasteiger partial charge is 0.507 e.